The molecular formula is C25H29FN2O5S. The molecule has 9 heteroatoms. The quantitative estimate of drug-likeness (QED) is 0.555. The van der Waals surface area contributed by atoms with Crippen LogP contribution >= 0.6 is 0 Å². The van der Waals surface area contributed by atoms with E-state index >= 15 is 0 Å². The van der Waals surface area contributed by atoms with Crippen LogP contribution in [0.5, 0.6) is 5.75 Å². The maximum atomic E-state index is 13.4. The lowest BCUT2D eigenvalue weighted by atomic mass is 9.78. The van der Waals surface area contributed by atoms with Crippen LogP contribution in [0.2, 0.25) is 0 Å². The van der Waals surface area contributed by atoms with Gasteiger partial charge in [-0.1, -0.05) is 6.92 Å². The van der Waals surface area contributed by atoms with Gasteiger partial charge >= 0.3 is 0 Å². The number of ether oxygens (including phenoxy) is 1. The molecular weight excluding hydrogens is 459 g/mol. The van der Waals surface area contributed by atoms with E-state index in [1.807, 2.05) is 6.92 Å². The number of anilines is 2. The number of carbonyl (C=O) groups is 2. The van der Waals surface area contributed by atoms with Crippen molar-refractivity contribution in [1.29, 1.82) is 0 Å². The number of pyridine rings is 1. The number of hydrogen-bond acceptors (Lipinski definition) is 6. The molecule has 1 fully saturated rings. The first-order chi connectivity index (χ1) is 15.8. The van der Waals surface area contributed by atoms with Gasteiger partial charge in [0.1, 0.15) is 15.6 Å². The van der Waals surface area contributed by atoms with E-state index < -0.39 is 21.6 Å². The lowest BCUT2D eigenvalue weighted by molar-refractivity contribution is -0.121. The molecule has 7 nitrogen and oxygen atoms in total. The topological polar surface area (TPSA) is 93.6 Å². The molecule has 2 aromatic rings. The van der Waals surface area contributed by atoms with Crippen LogP contribution in [-0.2, 0) is 20.0 Å². The smallest absolute Gasteiger partial charge is 0.241 e. The van der Waals surface area contributed by atoms with Crippen LogP contribution in [-0.4, -0.2) is 43.0 Å². The molecule has 3 heterocycles. The number of nitrogens with zero attached hydrogens (tertiary/aromatic N) is 2. The zero-order chi connectivity index (χ0) is 24.9. The second-order valence-electron chi connectivity index (χ2n) is 10.1. The number of hydrogen-bond donors (Lipinski definition) is 0. The van der Waals surface area contributed by atoms with Crippen LogP contribution < -0.4 is 9.64 Å². The van der Waals surface area contributed by atoms with Gasteiger partial charge in [-0.3, -0.25) is 19.5 Å². The fraction of sp³-hybridized carbons (Fsp3) is 0.480. The molecule has 0 bridgehead atoms. The van der Waals surface area contributed by atoms with Crippen molar-refractivity contribution in [3.63, 3.8) is 0 Å². The number of Topliss-reactive ketones (excluding diaryl/α,β-unsaturated/α-hetero) is 1. The van der Waals surface area contributed by atoms with Gasteiger partial charge < -0.3 is 4.74 Å². The van der Waals surface area contributed by atoms with Gasteiger partial charge in [0.2, 0.25) is 12.3 Å². The van der Waals surface area contributed by atoms with Crippen molar-refractivity contribution in [3.05, 3.63) is 47.8 Å². The van der Waals surface area contributed by atoms with E-state index in [9.17, 15) is 22.4 Å². The van der Waals surface area contributed by atoms with Gasteiger partial charge in [-0.05, 0) is 55.9 Å². The van der Waals surface area contributed by atoms with Gasteiger partial charge in [0.05, 0.1) is 40.7 Å². The van der Waals surface area contributed by atoms with E-state index in [0.717, 1.165) is 0 Å². The predicted octanol–water partition coefficient (Wildman–Crippen LogP) is 4.52. The fourth-order valence-corrected chi connectivity index (χ4v) is 6.46. The molecule has 0 aliphatic carbocycles. The molecule has 182 valence electrons. The molecule has 0 radical (unpaired) electrons. The number of aromatic nitrogens is 1. The highest BCUT2D eigenvalue weighted by Gasteiger charge is 2.45. The van der Waals surface area contributed by atoms with Crippen LogP contribution in [0.1, 0.15) is 62.9 Å². The minimum atomic E-state index is -3.02. The third-order valence-electron chi connectivity index (χ3n) is 6.85. The van der Waals surface area contributed by atoms with Gasteiger partial charge in [0.15, 0.2) is 5.78 Å². The summed E-state index contributed by atoms with van der Waals surface area (Å²) in [5, 5.41) is 0. The molecule has 0 saturated carbocycles. The van der Waals surface area contributed by atoms with Gasteiger partial charge in [-0.25, -0.2) is 12.8 Å². The average Bonchev–Trinajstić information content (AvgIpc) is 2.95. The Bertz CT molecular complexity index is 1240. The monoisotopic (exact) mass is 488 g/mol. The summed E-state index contributed by atoms with van der Waals surface area (Å²) in [6.45, 7) is 6.82. The summed E-state index contributed by atoms with van der Waals surface area (Å²) in [5.74, 6) is 0.162. The Hall–Kier alpha value is -2.81. The van der Waals surface area contributed by atoms with Crippen molar-refractivity contribution in [2.45, 2.75) is 58.7 Å². The largest absolute Gasteiger partial charge is 0.459 e. The van der Waals surface area contributed by atoms with Crippen molar-refractivity contribution in [1.82, 2.24) is 4.98 Å². The second kappa shape index (κ2) is 8.45. The van der Waals surface area contributed by atoms with Gasteiger partial charge in [0, 0.05) is 25.0 Å². The van der Waals surface area contributed by atoms with Crippen molar-refractivity contribution in [2.24, 2.45) is 5.41 Å². The molecule has 2 aliphatic rings. The number of halogens is 1. The summed E-state index contributed by atoms with van der Waals surface area (Å²) >= 11 is 0. The zero-order valence-corrected chi connectivity index (χ0v) is 20.6. The number of ketones is 1. The minimum Gasteiger partial charge on any atom is -0.459 e. The zero-order valence-electron chi connectivity index (χ0n) is 19.8. The van der Waals surface area contributed by atoms with Crippen LogP contribution in [0, 0.1) is 5.41 Å². The maximum absolute atomic E-state index is 13.4. The summed E-state index contributed by atoms with van der Waals surface area (Å²) in [6, 6.07) is 6.76. The Balaban J connectivity index is 1.63. The van der Waals surface area contributed by atoms with E-state index in [0.29, 0.717) is 35.3 Å². The number of sulfone groups is 1. The number of benzene rings is 1. The minimum absolute atomic E-state index is 0.0692. The lowest BCUT2D eigenvalue weighted by Gasteiger charge is -2.32. The Morgan fingerprint density at radius 1 is 1.18 bits per heavy atom. The van der Waals surface area contributed by atoms with E-state index in [1.165, 1.54) is 24.2 Å². The van der Waals surface area contributed by atoms with E-state index in [1.54, 1.807) is 38.1 Å². The van der Waals surface area contributed by atoms with E-state index in [4.69, 9.17) is 4.74 Å². The van der Waals surface area contributed by atoms with Crippen molar-refractivity contribution in [2.75, 3.05) is 16.4 Å². The van der Waals surface area contributed by atoms with Gasteiger partial charge in [0.25, 0.3) is 0 Å². The second-order valence-corrected chi connectivity index (χ2v) is 12.4. The Labute approximate surface area is 199 Å². The van der Waals surface area contributed by atoms with Gasteiger partial charge in [-0.15, -0.1) is 0 Å². The highest BCUT2D eigenvalue weighted by molar-refractivity contribution is 7.91. The molecule has 0 N–H and O–H groups in total. The molecule has 1 amide bonds. The summed E-state index contributed by atoms with van der Waals surface area (Å²) < 4.78 is 42.0. The Morgan fingerprint density at radius 2 is 1.85 bits per heavy atom. The standard InChI is InChI=1S/C25H29FN2O5S/c1-16(26)33-19-12-18(14-27-15-19)28-21-6-5-17(11-20(21)24(2,3)23(28)30)22(29)13-25(4)7-9-34(31,32)10-8-25/h5-6,11-12,14-16H,7-10,13H2,1-4H3. The predicted molar refractivity (Wildman–Crippen MR) is 127 cm³/mol. The molecule has 34 heavy (non-hydrogen) atoms. The summed E-state index contributed by atoms with van der Waals surface area (Å²) in [4.78, 5) is 32.1. The number of fused-ring (bicyclic) bond motifs is 1. The maximum Gasteiger partial charge on any atom is 0.241 e. The van der Waals surface area contributed by atoms with Crippen molar-refractivity contribution in [3.8, 4) is 5.75 Å². The van der Waals surface area contributed by atoms with E-state index in [-0.39, 0.29) is 40.8 Å². The lowest BCUT2D eigenvalue weighted by Crippen LogP contribution is -2.33. The Morgan fingerprint density at radius 3 is 2.50 bits per heavy atom. The van der Waals surface area contributed by atoms with Crippen LogP contribution in [0.3, 0.4) is 0 Å². The molecule has 0 spiro atoms. The number of alkyl halides is 1. The molecule has 1 saturated heterocycles. The van der Waals surface area contributed by atoms with Gasteiger partial charge in [-0.2, -0.15) is 0 Å². The van der Waals surface area contributed by atoms with Crippen LogP contribution in [0.15, 0.2) is 36.7 Å². The molecule has 1 atom stereocenters. The van der Waals surface area contributed by atoms with Crippen molar-refractivity contribution >= 4 is 32.9 Å². The normalized spacial score (nSPS) is 21.1. The molecule has 1 unspecified atom stereocenters. The summed E-state index contributed by atoms with van der Waals surface area (Å²) in [7, 11) is -3.02. The molecule has 2 aliphatic heterocycles. The first kappa shape index (κ1) is 24.3. The first-order valence-corrected chi connectivity index (χ1v) is 13.1. The Kier molecular flexibility index (Phi) is 6.04. The molecule has 1 aromatic carbocycles. The first-order valence-electron chi connectivity index (χ1n) is 11.3. The summed E-state index contributed by atoms with van der Waals surface area (Å²) in [5.41, 5.74) is 1.04. The van der Waals surface area contributed by atoms with Crippen LogP contribution in [0.4, 0.5) is 15.8 Å². The number of amides is 1. The third-order valence-corrected chi connectivity index (χ3v) is 8.50. The molecule has 1 aromatic heterocycles. The molecule has 4 rings (SSSR count). The summed E-state index contributed by atoms with van der Waals surface area (Å²) in [6.07, 6.45) is 2.56. The SMILES string of the molecule is CC(F)Oc1cncc(N2C(=O)C(C)(C)c3cc(C(=O)CC4(C)CCS(=O)(=O)CC4)ccc32)c1. The number of rotatable bonds is 6. The fourth-order valence-electron chi connectivity index (χ4n) is 4.64. The highest BCUT2D eigenvalue weighted by atomic mass is 32.2. The average molecular weight is 489 g/mol. The van der Waals surface area contributed by atoms with E-state index in [2.05, 4.69) is 4.98 Å². The number of carbonyl (C=O) groups excluding carboxylic acids is 2. The van der Waals surface area contributed by atoms with Crippen LogP contribution in [0.25, 0.3) is 0 Å². The van der Waals surface area contributed by atoms with Crippen molar-refractivity contribution < 1.29 is 27.1 Å². The highest BCUT2D eigenvalue weighted by Crippen LogP contribution is 2.46. The third kappa shape index (κ3) is 4.58.